The molecule has 1 aromatic carbocycles. The Balaban J connectivity index is 2.16. The normalized spacial score (nSPS) is 14.7. The van der Waals surface area contributed by atoms with Gasteiger partial charge in [0.2, 0.25) is 0 Å². The van der Waals surface area contributed by atoms with Gasteiger partial charge in [-0.1, -0.05) is 12.1 Å². The van der Waals surface area contributed by atoms with Gasteiger partial charge in [0.1, 0.15) is 0 Å². The zero-order chi connectivity index (χ0) is 13.8. The van der Waals surface area contributed by atoms with Crippen LogP contribution in [0.3, 0.4) is 0 Å². The molecule has 0 N–H and O–H groups in total. The lowest BCUT2D eigenvalue weighted by Gasteiger charge is -2.16. The minimum Gasteiger partial charge on any atom is -0.273 e. The molecule has 19 heavy (non-hydrogen) atoms. The highest BCUT2D eigenvalue weighted by Gasteiger charge is 2.36. The fourth-order valence-corrected chi connectivity index (χ4v) is 2.06. The van der Waals surface area contributed by atoms with E-state index in [0.29, 0.717) is 17.5 Å². The van der Waals surface area contributed by atoms with Crippen LogP contribution in [0, 0.1) is 28.6 Å². The Kier molecular flexibility index (Phi) is 3.58. The molecule has 1 heterocycles. The van der Waals surface area contributed by atoms with Crippen LogP contribution in [0.1, 0.15) is 33.6 Å². The molecule has 1 aliphatic rings. The Morgan fingerprint density at radius 2 is 1.68 bits per heavy atom. The minimum atomic E-state index is -0.498. The molecule has 1 aliphatic heterocycles. The summed E-state index contributed by atoms with van der Waals surface area (Å²) in [7, 11) is 0. The maximum absolute atomic E-state index is 12.1. The topological polar surface area (TPSA) is 85.0 Å². The van der Waals surface area contributed by atoms with E-state index in [4.69, 9.17) is 10.5 Å². The van der Waals surface area contributed by atoms with Gasteiger partial charge in [-0.15, -0.1) is 0 Å². The standard InChI is InChI=1S/C14H11N3O2/c15-7-3-4-10(8-16)9-17-13(18)11-5-1-2-6-12(11)14(17)19/h1-2,5-6,10H,3-4,9H2. The first-order chi connectivity index (χ1) is 9.19. The van der Waals surface area contributed by atoms with Gasteiger partial charge in [-0.3, -0.25) is 14.5 Å². The molecule has 5 heteroatoms. The van der Waals surface area contributed by atoms with Gasteiger partial charge in [0.25, 0.3) is 11.8 Å². The van der Waals surface area contributed by atoms with E-state index in [1.54, 1.807) is 24.3 Å². The molecule has 0 spiro atoms. The summed E-state index contributed by atoms with van der Waals surface area (Å²) < 4.78 is 0. The number of carbonyl (C=O) groups is 2. The van der Waals surface area contributed by atoms with Crippen LogP contribution in [0.2, 0.25) is 0 Å². The van der Waals surface area contributed by atoms with Crippen LogP contribution >= 0.6 is 0 Å². The predicted octanol–water partition coefficient (Wildman–Crippen LogP) is 1.73. The van der Waals surface area contributed by atoms with Crippen LogP contribution in [0.15, 0.2) is 24.3 Å². The molecular weight excluding hydrogens is 242 g/mol. The largest absolute Gasteiger partial charge is 0.273 e. The summed E-state index contributed by atoms with van der Waals surface area (Å²) in [4.78, 5) is 25.2. The summed E-state index contributed by atoms with van der Waals surface area (Å²) >= 11 is 0. The summed E-state index contributed by atoms with van der Waals surface area (Å²) in [5.41, 5.74) is 0.758. The van der Waals surface area contributed by atoms with Crippen molar-refractivity contribution in [2.24, 2.45) is 5.92 Å². The second-order valence-corrected chi connectivity index (χ2v) is 4.29. The third-order valence-electron chi connectivity index (χ3n) is 3.07. The molecule has 0 saturated carbocycles. The second-order valence-electron chi connectivity index (χ2n) is 4.29. The first kappa shape index (κ1) is 12.8. The highest BCUT2D eigenvalue weighted by atomic mass is 16.2. The molecule has 0 saturated heterocycles. The lowest BCUT2D eigenvalue weighted by molar-refractivity contribution is 0.0638. The zero-order valence-electron chi connectivity index (χ0n) is 10.2. The highest BCUT2D eigenvalue weighted by Crippen LogP contribution is 2.23. The first-order valence-electron chi connectivity index (χ1n) is 5.90. The van der Waals surface area contributed by atoms with Crippen LogP contribution in [0.4, 0.5) is 0 Å². The lowest BCUT2D eigenvalue weighted by atomic mass is 10.1. The Bertz CT molecular complexity index is 575. The van der Waals surface area contributed by atoms with Crippen molar-refractivity contribution in [3.05, 3.63) is 35.4 Å². The molecule has 5 nitrogen and oxygen atoms in total. The molecule has 0 fully saturated rings. The van der Waals surface area contributed by atoms with Crippen molar-refractivity contribution in [1.82, 2.24) is 4.90 Å². The van der Waals surface area contributed by atoms with Gasteiger partial charge in [0, 0.05) is 13.0 Å². The van der Waals surface area contributed by atoms with Crippen LogP contribution in [-0.2, 0) is 0 Å². The van der Waals surface area contributed by atoms with E-state index in [1.165, 1.54) is 0 Å². The average Bonchev–Trinajstić information content (AvgIpc) is 2.68. The maximum Gasteiger partial charge on any atom is 0.261 e. The van der Waals surface area contributed by atoms with Crippen molar-refractivity contribution in [3.8, 4) is 12.1 Å². The summed E-state index contributed by atoms with van der Waals surface area (Å²) in [6.07, 6.45) is 0.599. The van der Waals surface area contributed by atoms with E-state index in [9.17, 15) is 9.59 Å². The van der Waals surface area contributed by atoms with E-state index in [-0.39, 0.29) is 24.8 Å². The van der Waals surface area contributed by atoms with Crippen molar-refractivity contribution in [2.75, 3.05) is 6.54 Å². The lowest BCUT2D eigenvalue weighted by Crippen LogP contribution is -2.34. The van der Waals surface area contributed by atoms with Crippen molar-refractivity contribution in [3.63, 3.8) is 0 Å². The zero-order valence-corrected chi connectivity index (χ0v) is 10.2. The van der Waals surface area contributed by atoms with E-state index in [0.717, 1.165) is 4.90 Å². The second kappa shape index (κ2) is 5.32. The van der Waals surface area contributed by atoms with Gasteiger partial charge >= 0.3 is 0 Å². The molecule has 0 aliphatic carbocycles. The Morgan fingerprint density at radius 3 is 2.16 bits per heavy atom. The number of nitrogens with zero attached hydrogens (tertiary/aromatic N) is 3. The van der Waals surface area contributed by atoms with Crippen LogP contribution < -0.4 is 0 Å². The molecular formula is C14H11N3O2. The molecule has 2 amide bonds. The SMILES string of the molecule is N#CCCC(C#N)CN1C(=O)c2ccccc2C1=O. The Hall–Kier alpha value is -2.66. The number of imide groups is 1. The smallest absolute Gasteiger partial charge is 0.261 e. The highest BCUT2D eigenvalue weighted by molar-refractivity contribution is 6.21. The van der Waals surface area contributed by atoms with Gasteiger partial charge in [-0.05, 0) is 18.6 Å². The minimum absolute atomic E-state index is 0.0462. The van der Waals surface area contributed by atoms with Crippen LogP contribution in [0.5, 0.6) is 0 Å². The predicted molar refractivity (Wildman–Crippen MR) is 65.8 cm³/mol. The van der Waals surface area contributed by atoms with E-state index >= 15 is 0 Å². The fourth-order valence-electron chi connectivity index (χ4n) is 2.06. The summed E-state index contributed by atoms with van der Waals surface area (Å²) in [5.74, 6) is -1.22. The average molecular weight is 253 g/mol. The van der Waals surface area contributed by atoms with Crippen molar-refractivity contribution in [2.45, 2.75) is 12.8 Å². The third kappa shape index (κ3) is 2.31. The van der Waals surface area contributed by atoms with Gasteiger partial charge in [0.15, 0.2) is 0 Å². The maximum atomic E-state index is 12.1. The van der Waals surface area contributed by atoms with Gasteiger partial charge in [-0.25, -0.2) is 0 Å². The van der Waals surface area contributed by atoms with Crippen molar-refractivity contribution >= 4 is 11.8 Å². The molecule has 1 aromatic rings. The third-order valence-corrected chi connectivity index (χ3v) is 3.07. The summed E-state index contributed by atoms with van der Waals surface area (Å²) in [6, 6.07) is 10.6. The van der Waals surface area contributed by atoms with E-state index in [1.807, 2.05) is 12.1 Å². The van der Waals surface area contributed by atoms with E-state index in [2.05, 4.69) is 0 Å². The monoisotopic (exact) mass is 253 g/mol. The summed E-state index contributed by atoms with van der Waals surface area (Å²) in [5, 5.41) is 17.5. The number of carbonyl (C=O) groups excluding carboxylic acids is 2. The van der Waals surface area contributed by atoms with Crippen molar-refractivity contribution < 1.29 is 9.59 Å². The number of rotatable bonds is 4. The summed E-state index contributed by atoms with van der Waals surface area (Å²) in [6.45, 7) is 0.0462. The van der Waals surface area contributed by atoms with Gasteiger partial charge in [0.05, 0.1) is 29.2 Å². The number of amides is 2. The quantitative estimate of drug-likeness (QED) is 0.765. The van der Waals surface area contributed by atoms with Gasteiger partial charge in [-0.2, -0.15) is 10.5 Å². The molecule has 94 valence electrons. The van der Waals surface area contributed by atoms with Crippen molar-refractivity contribution in [1.29, 1.82) is 10.5 Å². The number of nitriles is 2. The molecule has 1 unspecified atom stereocenters. The molecule has 1 atom stereocenters. The molecule has 0 aromatic heterocycles. The number of hydrogen-bond donors (Lipinski definition) is 0. The Labute approximate surface area is 110 Å². The number of fused-ring (bicyclic) bond motifs is 1. The van der Waals surface area contributed by atoms with E-state index < -0.39 is 5.92 Å². The molecule has 0 bridgehead atoms. The Morgan fingerprint density at radius 1 is 1.11 bits per heavy atom. The molecule has 0 radical (unpaired) electrons. The van der Waals surface area contributed by atoms with Crippen LogP contribution in [-0.4, -0.2) is 23.3 Å². The number of benzene rings is 1. The first-order valence-corrected chi connectivity index (χ1v) is 5.90. The van der Waals surface area contributed by atoms with Crippen LogP contribution in [0.25, 0.3) is 0 Å². The van der Waals surface area contributed by atoms with Gasteiger partial charge < -0.3 is 0 Å². The molecule has 2 rings (SSSR count). The number of hydrogen-bond acceptors (Lipinski definition) is 4. The fraction of sp³-hybridized carbons (Fsp3) is 0.286.